The molecule has 1 atom stereocenters. The molecule has 2 rings (SSSR count). The molecule has 114 valence electrons. The van der Waals surface area contributed by atoms with Gasteiger partial charge in [-0.2, -0.15) is 0 Å². The molecule has 1 saturated heterocycles. The molecule has 0 aromatic carbocycles. The second-order valence-corrected chi connectivity index (χ2v) is 4.33. The highest BCUT2D eigenvalue weighted by Gasteiger charge is 2.22. The maximum absolute atomic E-state index is 5.67. The number of nitrogens with zero attached hydrogens (tertiary/aromatic N) is 2. The summed E-state index contributed by atoms with van der Waals surface area (Å²) in [5, 5.41) is 3.42. The van der Waals surface area contributed by atoms with Crippen molar-refractivity contribution in [2.24, 2.45) is 0 Å². The molecule has 2 heterocycles. The fourth-order valence-corrected chi connectivity index (χ4v) is 2.20. The average molecular weight is 282 g/mol. The Hall–Kier alpha value is -1.53. The lowest BCUT2D eigenvalue weighted by atomic mass is 10.2. The molecule has 1 aromatic rings. The number of aromatic nitrogens is 1. The van der Waals surface area contributed by atoms with Crippen molar-refractivity contribution in [3.05, 3.63) is 12.3 Å². The van der Waals surface area contributed by atoms with E-state index >= 15 is 0 Å². The summed E-state index contributed by atoms with van der Waals surface area (Å²) in [7, 11) is 3.36. The summed E-state index contributed by atoms with van der Waals surface area (Å²) >= 11 is 0. The van der Waals surface area contributed by atoms with Crippen LogP contribution in [0.4, 0.5) is 11.5 Å². The Morgan fingerprint density at radius 3 is 2.85 bits per heavy atom. The first-order valence-corrected chi connectivity index (χ1v) is 7.01. The van der Waals surface area contributed by atoms with Gasteiger partial charge in [0.05, 0.1) is 25.6 Å². The van der Waals surface area contributed by atoms with Crippen LogP contribution in [0.1, 0.15) is 13.8 Å². The van der Waals surface area contributed by atoms with E-state index in [0.717, 1.165) is 31.1 Å². The molecule has 1 fully saturated rings. The zero-order chi connectivity index (χ0) is 15.0. The van der Waals surface area contributed by atoms with Gasteiger partial charge in [0, 0.05) is 38.9 Å². The molecule has 20 heavy (non-hydrogen) atoms. The molecular weight excluding hydrogens is 256 g/mol. The normalized spacial score (nSPS) is 18.2. The second kappa shape index (κ2) is 8.60. The van der Waals surface area contributed by atoms with Crippen molar-refractivity contribution in [3.8, 4) is 5.75 Å². The van der Waals surface area contributed by atoms with Crippen molar-refractivity contribution in [2.45, 2.75) is 19.9 Å². The Morgan fingerprint density at radius 2 is 2.20 bits per heavy atom. The average Bonchev–Trinajstić information content (AvgIpc) is 2.50. The quantitative estimate of drug-likeness (QED) is 0.862. The highest BCUT2D eigenvalue weighted by molar-refractivity contribution is 5.60. The summed E-state index contributed by atoms with van der Waals surface area (Å²) in [6, 6.07) is 2.08. The number of nitrogens with one attached hydrogen (secondary N) is 1. The molecule has 6 nitrogen and oxygen atoms in total. The van der Waals surface area contributed by atoms with Crippen LogP contribution in [0.25, 0.3) is 0 Å². The number of piperazine rings is 1. The minimum atomic E-state index is 0.325. The van der Waals surface area contributed by atoms with Crippen LogP contribution in [0.2, 0.25) is 0 Å². The smallest absolute Gasteiger partial charge is 0.147 e. The van der Waals surface area contributed by atoms with Crippen molar-refractivity contribution in [1.29, 1.82) is 0 Å². The molecule has 0 aliphatic carbocycles. The molecule has 3 N–H and O–H groups in total. The fraction of sp³-hybridized carbons (Fsp3) is 0.643. The third-order valence-electron chi connectivity index (χ3n) is 3.05. The lowest BCUT2D eigenvalue weighted by Crippen LogP contribution is -2.52. The Balaban J connectivity index is 0.000000956. The number of methoxy groups -OCH3 is 2. The number of pyridine rings is 1. The third kappa shape index (κ3) is 4.25. The van der Waals surface area contributed by atoms with E-state index in [2.05, 4.69) is 15.2 Å². The van der Waals surface area contributed by atoms with Crippen LogP contribution in [0.3, 0.4) is 0 Å². The van der Waals surface area contributed by atoms with Gasteiger partial charge >= 0.3 is 0 Å². The SMILES string of the molecule is CC.COCC1CN(c2cnc(N)cc2OC)CCN1. The van der Waals surface area contributed by atoms with E-state index in [-0.39, 0.29) is 0 Å². The van der Waals surface area contributed by atoms with Crippen molar-refractivity contribution in [1.82, 2.24) is 10.3 Å². The Morgan fingerprint density at radius 1 is 1.45 bits per heavy atom. The standard InChI is InChI=1S/C12H20N4O2.C2H6/c1-17-8-9-7-16(4-3-14-9)10-6-15-12(13)5-11(10)18-2;1-2/h5-6,9,14H,3-4,7-8H2,1-2H3,(H2,13,15);1-2H3. The number of hydrogen-bond donors (Lipinski definition) is 2. The van der Waals surface area contributed by atoms with Crippen LogP contribution in [0.5, 0.6) is 5.75 Å². The van der Waals surface area contributed by atoms with E-state index < -0.39 is 0 Å². The van der Waals surface area contributed by atoms with Gasteiger partial charge in [-0.25, -0.2) is 4.98 Å². The van der Waals surface area contributed by atoms with Gasteiger partial charge in [-0.3, -0.25) is 0 Å². The Bertz CT molecular complexity index is 399. The van der Waals surface area contributed by atoms with Gasteiger partial charge in [-0.1, -0.05) is 13.8 Å². The van der Waals surface area contributed by atoms with Crippen LogP contribution in [0.15, 0.2) is 12.3 Å². The van der Waals surface area contributed by atoms with E-state index in [1.54, 1.807) is 26.5 Å². The number of nitrogen functional groups attached to an aromatic ring is 1. The predicted molar refractivity (Wildman–Crippen MR) is 82.4 cm³/mol. The van der Waals surface area contributed by atoms with E-state index in [4.69, 9.17) is 15.2 Å². The molecule has 1 aliphatic rings. The van der Waals surface area contributed by atoms with Crippen molar-refractivity contribution >= 4 is 11.5 Å². The van der Waals surface area contributed by atoms with Gasteiger partial charge in [0.1, 0.15) is 11.6 Å². The van der Waals surface area contributed by atoms with Gasteiger partial charge in [-0.15, -0.1) is 0 Å². The number of nitrogens with two attached hydrogens (primary N) is 1. The molecule has 1 aromatic heterocycles. The van der Waals surface area contributed by atoms with Crippen LogP contribution < -0.4 is 20.7 Å². The summed E-state index contributed by atoms with van der Waals surface area (Å²) in [6.07, 6.45) is 1.77. The molecule has 0 radical (unpaired) electrons. The van der Waals surface area contributed by atoms with E-state index in [9.17, 15) is 0 Å². The molecule has 6 heteroatoms. The van der Waals surface area contributed by atoms with Crippen molar-refractivity contribution < 1.29 is 9.47 Å². The minimum absolute atomic E-state index is 0.325. The largest absolute Gasteiger partial charge is 0.494 e. The van der Waals surface area contributed by atoms with Gasteiger partial charge < -0.3 is 25.4 Å². The highest BCUT2D eigenvalue weighted by Crippen LogP contribution is 2.29. The van der Waals surface area contributed by atoms with Crippen LogP contribution >= 0.6 is 0 Å². The molecule has 0 saturated carbocycles. The van der Waals surface area contributed by atoms with Gasteiger partial charge in [0.25, 0.3) is 0 Å². The maximum atomic E-state index is 5.67. The topological polar surface area (TPSA) is 72.6 Å². The highest BCUT2D eigenvalue weighted by atomic mass is 16.5. The first-order valence-electron chi connectivity index (χ1n) is 7.01. The predicted octanol–water partition coefficient (Wildman–Crippen LogP) is 1.12. The van der Waals surface area contributed by atoms with Crippen molar-refractivity contribution in [2.75, 3.05) is 51.1 Å². The van der Waals surface area contributed by atoms with Gasteiger partial charge in [0.2, 0.25) is 0 Å². The van der Waals surface area contributed by atoms with E-state index in [0.29, 0.717) is 18.5 Å². The molecule has 0 spiro atoms. The molecular formula is C14H26N4O2. The van der Waals surface area contributed by atoms with E-state index in [1.165, 1.54) is 0 Å². The Labute approximate surface area is 121 Å². The first-order chi connectivity index (χ1) is 9.74. The number of hydrogen-bond acceptors (Lipinski definition) is 6. The van der Waals surface area contributed by atoms with Crippen LogP contribution in [-0.4, -0.2) is 51.5 Å². The first kappa shape index (κ1) is 16.5. The monoisotopic (exact) mass is 282 g/mol. The molecule has 0 bridgehead atoms. The number of anilines is 2. The van der Waals surface area contributed by atoms with Gasteiger partial charge in [-0.05, 0) is 0 Å². The summed E-state index contributed by atoms with van der Waals surface area (Å²) in [5.41, 5.74) is 6.65. The number of ether oxygens (including phenoxy) is 2. The van der Waals surface area contributed by atoms with E-state index in [1.807, 2.05) is 13.8 Å². The third-order valence-corrected chi connectivity index (χ3v) is 3.05. The molecule has 0 amide bonds. The zero-order valence-electron chi connectivity index (χ0n) is 12.8. The lowest BCUT2D eigenvalue weighted by molar-refractivity contribution is 0.163. The maximum Gasteiger partial charge on any atom is 0.147 e. The molecule has 1 aliphatic heterocycles. The van der Waals surface area contributed by atoms with Gasteiger partial charge in [0.15, 0.2) is 0 Å². The lowest BCUT2D eigenvalue weighted by Gasteiger charge is -2.35. The molecule has 1 unspecified atom stereocenters. The van der Waals surface area contributed by atoms with Crippen LogP contribution in [0, 0.1) is 0 Å². The second-order valence-electron chi connectivity index (χ2n) is 4.33. The number of rotatable bonds is 4. The van der Waals surface area contributed by atoms with Crippen molar-refractivity contribution in [3.63, 3.8) is 0 Å². The Kier molecular flexibility index (Phi) is 7.11. The summed E-state index contributed by atoms with van der Waals surface area (Å²) in [5.74, 6) is 1.24. The summed E-state index contributed by atoms with van der Waals surface area (Å²) < 4.78 is 10.5. The van der Waals surface area contributed by atoms with Crippen LogP contribution in [-0.2, 0) is 4.74 Å². The summed E-state index contributed by atoms with van der Waals surface area (Å²) in [4.78, 5) is 6.38. The summed E-state index contributed by atoms with van der Waals surface area (Å²) in [6.45, 7) is 7.40. The zero-order valence-corrected chi connectivity index (χ0v) is 12.8. The minimum Gasteiger partial charge on any atom is -0.494 e. The fourth-order valence-electron chi connectivity index (χ4n) is 2.20.